The van der Waals surface area contributed by atoms with Crippen molar-refractivity contribution in [2.24, 2.45) is 0 Å². The molecule has 2 N–H and O–H groups in total. The average Bonchev–Trinajstić information content (AvgIpc) is 2.42. The normalized spacial score (nSPS) is 12.5. The largest absolute Gasteiger partial charge is 0.481 e. The van der Waals surface area contributed by atoms with Gasteiger partial charge in [0.05, 0.1) is 0 Å². The van der Waals surface area contributed by atoms with Crippen LogP contribution in [0.4, 0.5) is 4.79 Å². The number of hydrogen-bond donors (Lipinski definition) is 2. The van der Waals surface area contributed by atoms with Crippen molar-refractivity contribution in [3.63, 3.8) is 0 Å². The van der Waals surface area contributed by atoms with Crippen LogP contribution in [0.2, 0.25) is 0 Å². The van der Waals surface area contributed by atoms with E-state index >= 15 is 0 Å². The van der Waals surface area contributed by atoms with Gasteiger partial charge in [-0.1, -0.05) is 36.8 Å². The van der Waals surface area contributed by atoms with Gasteiger partial charge in [-0.2, -0.15) is 0 Å². The second-order valence-electron chi connectivity index (χ2n) is 6.67. The molecule has 0 aromatic heterocycles. The van der Waals surface area contributed by atoms with Crippen LogP contribution < -0.4 is 5.32 Å². The van der Waals surface area contributed by atoms with Crippen LogP contribution in [0.25, 0.3) is 0 Å². The molecule has 0 saturated carbocycles. The first-order chi connectivity index (χ1) is 10.8. The Balaban J connectivity index is 2.56. The highest BCUT2D eigenvalue weighted by Crippen LogP contribution is 2.12. The molecule has 0 aliphatic carbocycles. The molecule has 128 valence electrons. The highest BCUT2D eigenvalue weighted by Gasteiger charge is 2.19. The second kappa shape index (κ2) is 9.18. The van der Waals surface area contributed by atoms with Crippen LogP contribution in [0.1, 0.15) is 52.0 Å². The summed E-state index contributed by atoms with van der Waals surface area (Å²) in [5.41, 5.74) is 0.594. The van der Waals surface area contributed by atoms with E-state index in [-0.39, 0.29) is 12.5 Å². The van der Waals surface area contributed by atoms with Gasteiger partial charge in [0.15, 0.2) is 0 Å². The van der Waals surface area contributed by atoms with Gasteiger partial charge in [0, 0.05) is 12.5 Å². The molecule has 1 atom stereocenters. The summed E-state index contributed by atoms with van der Waals surface area (Å²) in [4.78, 5) is 22.6. The van der Waals surface area contributed by atoms with E-state index in [0.717, 1.165) is 18.4 Å². The number of aliphatic carboxylic acids is 1. The molecule has 0 unspecified atom stereocenters. The summed E-state index contributed by atoms with van der Waals surface area (Å²) in [6, 6.07) is 9.84. The fourth-order valence-electron chi connectivity index (χ4n) is 2.27. The molecule has 5 heteroatoms. The summed E-state index contributed by atoms with van der Waals surface area (Å²) in [6.07, 6.45) is 2.51. The molecule has 0 aliphatic heterocycles. The Hall–Kier alpha value is -2.04. The van der Waals surface area contributed by atoms with Gasteiger partial charge in [-0.05, 0) is 45.6 Å². The number of benzene rings is 1. The lowest BCUT2D eigenvalue weighted by molar-refractivity contribution is -0.137. The Morgan fingerprint density at radius 3 is 2.39 bits per heavy atom. The minimum atomic E-state index is -0.787. The van der Waals surface area contributed by atoms with Crippen molar-refractivity contribution >= 4 is 12.1 Å². The Morgan fingerprint density at radius 1 is 1.17 bits per heavy atom. The van der Waals surface area contributed by atoms with Crippen LogP contribution >= 0.6 is 0 Å². The minimum Gasteiger partial charge on any atom is -0.481 e. The van der Waals surface area contributed by atoms with E-state index in [0.29, 0.717) is 12.8 Å². The molecule has 1 amide bonds. The van der Waals surface area contributed by atoms with Crippen molar-refractivity contribution in [2.75, 3.05) is 0 Å². The number of carboxylic acids is 1. The van der Waals surface area contributed by atoms with E-state index in [4.69, 9.17) is 9.84 Å². The van der Waals surface area contributed by atoms with Gasteiger partial charge in [0.2, 0.25) is 0 Å². The van der Waals surface area contributed by atoms with Gasteiger partial charge in [0.25, 0.3) is 0 Å². The van der Waals surface area contributed by atoms with Crippen LogP contribution in [0.3, 0.4) is 0 Å². The molecule has 0 radical (unpaired) electrons. The maximum atomic E-state index is 12.0. The van der Waals surface area contributed by atoms with Crippen LogP contribution in [0.5, 0.6) is 0 Å². The fraction of sp³-hybridized carbons (Fsp3) is 0.556. The molecular formula is C18H27NO4. The lowest BCUT2D eigenvalue weighted by Gasteiger charge is -2.24. The van der Waals surface area contributed by atoms with Crippen LogP contribution in [-0.2, 0) is 16.0 Å². The van der Waals surface area contributed by atoms with Crippen LogP contribution in [-0.4, -0.2) is 28.8 Å². The molecule has 0 saturated heterocycles. The third kappa shape index (κ3) is 9.55. The van der Waals surface area contributed by atoms with Crippen molar-refractivity contribution in [1.29, 1.82) is 0 Å². The van der Waals surface area contributed by atoms with Crippen molar-refractivity contribution in [1.82, 2.24) is 5.32 Å². The minimum absolute atomic E-state index is 0.0685. The van der Waals surface area contributed by atoms with E-state index in [1.807, 2.05) is 51.1 Å². The first kappa shape index (κ1) is 19.0. The van der Waals surface area contributed by atoms with E-state index in [1.54, 1.807) is 0 Å². The van der Waals surface area contributed by atoms with Crippen molar-refractivity contribution < 1.29 is 19.4 Å². The first-order valence-corrected chi connectivity index (χ1v) is 8.01. The lowest BCUT2D eigenvalue weighted by atomic mass is 10.0. The SMILES string of the molecule is CC(C)(C)OC(=O)N[C@H](CCCCC(=O)O)Cc1ccccc1. The molecule has 0 bridgehead atoms. The van der Waals surface area contributed by atoms with E-state index in [9.17, 15) is 9.59 Å². The third-order valence-electron chi connectivity index (χ3n) is 3.24. The number of alkyl carbamates (subject to hydrolysis) is 1. The zero-order valence-corrected chi connectivity index (χ0v) is 14.2. The van der Waals surface area contributed by atoms with Gasteiger partial charge in [-0.3, -0.25) is 4.79 Å². The fourth-order valence-corrected chi connectivity index (χ4v) is 2.27. The first-order valence-electron chi connectivity index (χ1n) is 8.01. The van der Waals surface area contributed by atoms with Crippen molar-refractivity contribution in [3.05, 3.63) is 35.9 Å². The van der Waals surface area contributed by atoms with Gasteiger partial charge in [-0.15, -0.1) is 0 Å². The number of unbranched alkanes of at least 4 members (excludes halogenated alkanes) is 1. The number of carbonyl (C=O) groups excluding carboxylic acids is 1. The molecule has 23 heavy (non-hydrogen) atoms. The van der Waals surface area contributed by atoms with E-state index in [1.165, 1.54) is 0 Å². The highest BCUT2D eigenvalue weighted by molar-refractivity contribution is 5.68. The predicted molar refractivity (Wildman–Crippen MR) is 89.4 cm³/mol. The molecule has 1 aromatic carbocycles. The van der Waals surface area contributed by atoms with Gasteiger partial charge < -0.3 is 15.2 Å². The summed E-state index contributed by atoms with van der Waals surface area (Å²) in [7, 11) is 0. The maximum absolute atomic E-state index is 12.0. The Morgan fingerprint density at radius 2 is 1.83 bits per heavy atom. The summed E-state index contributed by atoms with van der Waals surface area (Å²) in [5, 5.41) is 11.6. The Bertz CT molecular complexity index is 493. The van der Waals surface area contributed by atoms with Crippen molar-refractivity contribution in [3.8, 4) is 0 Å². The molecule has 0 heterocycles. The van der Waals surface area contributed by atoms with Gasteiger partial charge in [0.1, 0.15) is 5.60 Å². The van der Waals surface area contributed by atoms with Gasteiger partial charge >= 0.3 is 12.1 Å². The number of rotatable bonds is 8. The Kier molecular flexibility index (Phi) is 7.59. The lowest BCUT2D eigenvalue weighted by Crippen LogP contribution is -2.40. The summed E-state index contributed by atoms with van der Waals surface area (Å²) in [5.74, 6) is -0.787. The summed E-state index contributed by atoms with van der Waals surface area (Å²) >= 11 is 0. The number of amides is 1. The average molecular weight is 321 g/mol. The second-order valence-corrected chi connectivity index (χ2v) is 6.67. The molecular weight excluding hydrogens is 294 g/mol. The van der Waals surface area contributed by atoms with E-state index < -0.39 is 17.7 Å². The molecule has 0 fully saturated rings. The zero-order chi connectivity index (χ0) is 17.3. The topological polar surface area (TPSA) is 75.6 Å². The molecule has 1 rings (SSSR count). The summed E-state index contributed by atoms with van der Waals surface area (Å²) in [6.45, 7) is 5.48. The molecule has 0 aliphatic rings. The number of carboxylic acid groups (broad SMARTS) is 1. The highest BCUT2D eigenvalue weighted by atomic mass is 16.6. The third-order valence-corrected chi connectivity index (χ3v) is 3.24. The maximum Gasteiger partial charge on any atom is 0.407 e. The summed E-state index contributed by atoms with van der Waals surface area (Å²) < 4.78 is 5.31. The quantitative estimate of drug-likeness (QED) is 0.715. The predicted octanol–water partition coefficient (Wildman–Crippen LogP) is 3.77. The smallest absolute Gasteiger partial charge is 0.407 e. The molecule has 1 aromatic rings. The number of nitrogens with one attached hydrogen (secondary N) is 1. The standard InChI is InChI=1S/C18H27NO4/c1-18(2,3)23-17(22)19-15(11-7-8-12-16(20)21)13-14-9-5-4-6-10-14/h4-6,9-10,15H,7-8,11-13H2,1-3H3,(H,19,22)(H,20,21)/t15-/m1/s1. The zero-order valence-electron chi connectivity index (χ0n) is 14.2. The number of ether oxygens (including phenoxy) is 1. The van der Waals surface area contributed by atoms with Crippen molar-refractivity contribution in [2.45, 2.75) is 64.5 Å². The number of carbonyl (C=O) groups is 2. The van der Waals surface area contributed by atoms with Gasteiger partial charge in [-0.25, -0.2) is 4.79 Å². The monoisotopic (exact) mass is 321 g/mol. The van der Waals surface area contributed by atoms with Crippen LogP contribution in [0, 0.1) is 0 Å². The molecule has 0 spiro atoms. The molecule has 5 nitrogen and oxygen atoms in total. The Labute approximate surface area is 138 Å². The number of hydrogen-bond acceptors (Lipinski definition) is 3. The van der Waals surface area contributed by atoms with E-state index in [2.05, 4.69) is 5.32 Å². The van der Waals surface area contributed by atoms with Crippen LogP contribution in [0.15, 0.2) is 30.3 Å².